The molecule has 0 aliphatic rings. The third-order valence-corrected chi connectivity index (χ3v) is 3.14. The summed E-state index contributed by atoms with van der Waals surface area (Å²) in [7, 11) is 0. The molecule has 0 bridgehead atoms. The largest absolute Gasteiger partial charge is 0.345 e. The van der Waals surface area contributed by atoms with E-state index in [0.29, 0.717) is 5.56 Å². The van der Waals surface area contributed by atoms with Gasteiger partial charge in [-0.15, -0.1) is 0 Å². The number of hydrogen-bond acceptors (Lipinski definition) is 3. The zero-order valence-corrected chi connectivity index (χ0v) is 11.5. The van der Waals surface area contributed by atoms with Crippen LogP contribution in [-0.2, 0) is 0 Å². The number of nitro groups is 1. The number of rotatable bonds is 4. The highest BCUT2D eigenvalue weighted by atomic mass is 19.2. The fourth-order valence-electron chi connectivity index (χ4n) is 1.96. The SMILES string of the molecule is CC(NC(=O)c1ccccc1[N+](=O)[O-])c1ccc(F)c(F)c1. The van der Waals surface area contributed by atoms with E-state index < -0.39 is 28.5 Å². The molecule has 2 aromatic carbocycles. The third-order valence-electron chi connectivity index (χ3n) is 3.14. The lowest BCUT2D eigenvalue weighted by Gasteiger charge is -2.14. The van der Waals surface area contributed by atoms with Crippen molar-refractivity contribution in [3.05, 3.63) is 75.3 Å². The van der Waals surface area contributed by atoms with E-state index in [1.165, 1.54) is 30.3 Å². The minimum absolute atomic E-state index is 0.0954. The number of hydrogen-bond donors (Lipinski definition) is 1. The van der Waals surface area contributed by atoms with Gasteiger partial charge in [-0.2, -0.15) is 0 Å². The lowest BCUT2D eigenvalue weighted by Crippen LogP contribution is -2.27. The molecule has 22 heavy (non-hydrogen) atoms. The first-order valence-electron chi connectivity index (χ1n) is 6.39. The van der Waals surface area contributed by atoms with E-state index in [1.807, 2.05) is 0 Å². The maximum atomic E-state index is 13.2. The van der Waals surface area contributed by atoms with E-state index in [2.05, 4.69) is 5.32 Å². The second kappa shape index (κ2) is 6.30. The van der Waals surface area contributed by atoms with Crippen LogP contribution in [0.15, 0.2) is 42.5 Å². The molecule has 5 nitrogen and oxygen atoms in total. The summed E-state index contributed by atoms with van der Waals surface area (Å²) in [5.74, 6) is -2.67. The molecule has 1 N–H and O–H groups in total. The Hall–Kier alpha value is -2.83. The molecule has 2 rings (SSSR count). The van der Waals surface area contributed by atoms with Crippen molar-refractivity contribution in [3.8, 4) is 0 Å². The van der Waals surface area contributed by atoms with Crippen LogP contribution >= 0.6 is 0 Å². The van der Waals surface area contributed by atoms with Gasteiger partial charge in [0, 0.05) is 6.07 Å². The van der Waals surface area contributed by atoms with Gasteiger partial charge in [-0.05, 0) is 30.7 Å². The normalized spacial score (nSPS) is 11.8. The number of benzene rings is 2. The van der Waals surface area contributed by atoms with Gasteiger partial charge in [-0.25, -0.2) is 8.78 Å². The predicted octanol–water partition coefficient (Wildman–Crippen LogP) is 3.36. The molecular formula is C15H12F2N2O3. The Morgan fingerprint density at radius 3 is 2.50 bits per heavy atom. The predicted molar refractivity (Wildman–Crippen MR) is 75.3 cm³/mol. The van der Waals surface area contributed by atoms with Gasteiger partial charge in [0.25, 0.3) is 11.6 Å². The van der Waals surface area contributed by atoms with Gasteiger partial charge < -0.3 is 5.32 Å². The zero-order chi connectivity index (χ0) is 16.3. The highest BCUT2D eigenvalue weighted by Crippen LogP contribution is 2.20. The van der Waals surface area contributed by atoms with Gasteiger partial charge in [0.1, 0.15) is 5.56 Å². The number of nitro benzene ring substituents is 1. The van der Waals surface area contributed by atoms with E-state index in [1.54, 1.807) is 6.92 Å². The van der Waals surface area contributed by atoms with Crippen LogP contribution in [0.3, 0.4) is 0 Å². The molecule has 0 aromatic heterocycles. The van der Waals surface area contributed by atoms with Crippen LogP contribution in [0.2, 0.25) is 0 Å². The molecule has 7 heteroatoms. The minimum Gasteiger partial charge on any atom is -0.345 e. The van der Waals surface area contributed by atoms with Crippen molar-refractivity contribution < 1.29 is 18.5 Å². The highest BCUT2D eigenvalue weighted by Gasteiger charge is 2.21. The van der Waals surface area contributed by atoms with Crippen LogP contribution < -0.4 is 5.32 Å². The summed E-state index contributed by atoms with van der Waals surface area (Å²) in [6, 6.07) is 8.13. The topological polar surface area (TPSA) is 72.2 Å². The summed E-state index contributed by atoms with van der Waals surface area (Å²) in [5.41, 5.74) is -0.0646. The van der Waals surface area contributed by atoms with Crippen molar-refractivity contribution in [2.24, 2.45) is 0 Å². The first kappa shape index (κ1) is 15.6. The Morgan fingerprint density at radius 2 is 1.86 bits per heavy atom. The van der Waals surface area contributed by atoms with Crippen LogP contribution in [0.1, 0.15) is 28.9 Å². The Labute approximate surface area is 124 Å². The highest BCUT2D eigenvalue weighted by molar-refractivity contribution is 5.98. The molecule has 2 aromatic rings. The molecule has 114 valence electrons. The van der Waals surface area contributed by atoms with Crippen LogP contribution in [0.5, 0.6) is 0 Å². The second-order valence-electron chi connectivity index (χ2n) is 4.64. The van der Waals surface area contributed by atoms with Crippen molar-refractivity contribution in [2.75, 3.05) is 0 Å². The average Bonchev–Trinajstić information content (AvgIpc) is 2.49. The fraction of sp³-hybridized carbons (Fsp3) is 0.133. The third kappa shape index (κ3) is 3.25. The molecule has 0 aliphatic carbocycles. The summed E-state index contributed by atoms with van der Waals surface area (Å²) in [5, 5.41) is 13.4. The summed E-state index contributed by atoms with van der Waals surface area (Å²) in [6.07, 6.45) is 0. The minimum atomic E-state index is -1.02. The number of amides is 1. The Kier molecular flexibility index (Phi) is 4.45. The van der Waals surface area contributed by atoms with Crippen LogP contribution in [-0.4, -0.2) is 10.8 Å². The molecule has 0 radical (unpaired) electrons. The van der Waals surface area contributed by atoms with Crippen LogP contribution in [0.25, 0.3) is 0 Å². The second-order valence-corrected chi connectivity index (χ2v) is 4.64. The molecule has 0 aliphatic heterocycles. The summed E-state index contributed by atoms with van der Waals surface area (Å²) < 4.78 is 26.1. The standard InChI is InChI=1S/C15H12F2N2O3/c1-9(10-6-7-12(16)13(17)8-10)18-15(20)11-4-2-3-5-14(11)19(21)22/h2-9H,1H3,(H,18,20). The lowest BCUT2D eigenvalue weighted by atomic mass is 10.1. The smallest absolute Gasteiger partial charge is 0.282 e. The summed E-state index contributed by atoms with van der Waals surface area (Å²) >= 11 is 0. The quantitative estimate of drug-likeness (QED) is 0.695. The maximum absolute atomic E-state index is 13.2. The van der Waals surface area contributed by atoms with Crippen molar-refractivity contribution in [1.82, 2.24) is 5.32 Å². The number of nitrogens with zero attached hydrogens (tertiary/aromatic N) is 1. The van der Waals surface area contributed by atoms with Gasteiger partial charge >= 0.3 is 0 Å². The number of para-hydroxylation sites is 1. The molecule has 0 heterocycles. The van der Waals surface area contributed by atoms with Crippen molar-refractivity contribution >= 4 is 11.6 Å². The molecule has 1 atom stereocenters. The van der Waals surface area contributed by atoms with Crippen LogP contribution in [0.4, 0.5) is 14.5 Å². The fourth-order valence-corrected chi connectivity index (χ4v) is 1.96. The first-order chi connectivity index (χ1) is 10.4. The Balaban J connectivity index is 2.21. The van der Waals surface area contributed by atoms with Gasteiger partial charge in [0.05, 0.1) is 11.0 Å². The number of carbonyl (C=O) groups is 1. The molecule has 0 fully saturated rings. The molecule has 0 spiro atoms. The van der Waals surface area contributed by atoms with E-state index in [4.69, 9.17) is 0 Å². The van der Waals surface area contributed by atoms with Crippen molar-refractivity contribution in [1.29, 1.82) is 0 Å². The number of nitrogens with one attached hydrogen (secondary N) is 1. The molecule has 1 amide bonds. The van der Waals surface area contributed by atoms with Gasteiger partial charge in [0.15, 0.2) is 11.6 Å². The number of halogens is 2. The summed E-state index contributed by atoms with van der Waals surface area (Å²) in [4.78, 5) is 22.4. The van der Waals surface area contributed by atoms with Crippen molar-refractivity contribution in [2.45, 2.75) is 13.0 Å². The van der Waals surface area contributed by atoms with Crippen molar-refractivity contribution in [3.63, 3.8) is 0 Å². The lowest BCUT2D eigenvalue weighted by molar-refractivity contribution is -0.385. The Bertz CT molecular complexity index is 734. The van der Waals surface area contributed by atoms with E-state index >= 15 is 0 Å². The van der Waals surface area contributed by atoms with E-state index in [-0.39, 0.29) is 11.3 Å². The summed E-state index contributed by atoms with van der Waals surface area (Å²) in [6.45, 7) is 1.57. The number of carbonyl (C=O) groups excluding carboxylic acids is 1. The molecule has 1 unspecified atom stereocenters. The van der Waals surface area contributed by atoms with E-state index in [9.17, 15) is 23.7 Å². The maximum Gasteiger partial charge on any atom is 0.282 e. The van der Waals surface area contributed by atoms with Crippen LogP contribution in [0, 0.1) is 21.7 Å². The van der Waals surface area contributed by atoms with Gasteiger partial charge in [-0.1, -0.05) is 18.2 Å². The first-order valence-corrected chi connectivity index (χ1v) is 6.39. The monoisotopic (exact) mass is 306 g/mol. The zero-order valence-electron chi connectivity index (χ0n) is 11.5. The van der Waals surface area contributed by atoms with Gasteiger partial charge in [-0.3, -0.25) is 14.9 Å². The Morgan fingerprint density at radius 1 is 1.18 bits per heavy atom. The van der Waals surface area contributed by atoms with E-state index in [0.717, 1.165) is 12.1 Å². The molecule has 0 saturated heterocycles. The molecule has 0 saturated carbocycles. The molecular weight excluding hydrogens is 294 g/mol. The average molecular weight is 306 g/mol. The van der Waals surface area contributed by atoms with Gasteiger partial charge in [0.2, 0.25) is 0 Å².